The minimum Gasteiger partial charge on any atom is -0.445 e. The fourth-order valence-electron chi connectivity index (χ4n) is 2.86. The van der Waals surface area contributed by atoms with Gasteiger partial charge in [0.05, 0.1) is 10.9 Å². The van der Waals surface area contributed by atoms with Crippen LogP contribution in [0.15, 0.2) is 72.1 Å². The van der Waals surface area contributed by atoms with Crippen molar-refractivity contribution in [1.29, 1.82) is 0 Å². The monoisotopic (exact) mass is 429 g/mol. The average molecular weight is 429 g/mol. The molecular formula is C21H23N3O5S. The molecule has 2 N–H and O–H groups in total. The molecule has 1 fully saturated rings. The summed E-state index contributed by atoms with van der Waals surface area (Å²) in [5.41, 5.74) is 1.63. The molecule has 1 aliphatic rings. The maximum atomic E-state index is 12.6. The molecule has 1 aliphatic heterocycles. The Hall–Kier alpha value is -3.17. The van der Waals surface area contributed by atoms with Crippen LogP contribution in [-0.4, -0.2) is 43.9 Å². The number of nitrogens with one attached hydrogen (secondary N) is 2. The summed E-state index contributed by atoms with van der Waals surface area (Å²) < 4.78 is 31.7. The van der Waals surface area contributed by atoms with E-state index in [2.05, 4.69) is 17.2 Å². The lowest BCUT2D eigenvalue weighted by Gasteiger charge is -2.38. The number of ether oxygens (including phenoxy) is 1. The maximum Gasteiger partial charge on any atom is 0.407 e. The van der Waals surface area contributed by atoms with Gasteiger partial charge >= 0.3 is 6.09 Å². The first kappa shape index (κ1) is 21.5. The van der Waals surface area contributed by atoms with Crippen LogP contribution in [0.2, 0.25) is 0 Å². The summed E-state index contributed by atoms with van der Waals surface area (Å²) in [6.45, 7) is 4.20. The van der Waals surface area contributed by atoms with Gasteiger partial charge in [-0.05, 0) is 29.3 Å². The highest BCUT2D eigenvalue weighted by atomic mass is 32.2. The summed E-state index contributed by atoms with van der Waals surface area (Å²) in [5, 5.41) is 5.29. The average Bonchev–Trinajstić information content (AvgIpc) is 2.73. The van der Waals surface area contributed by atoms with E-state index < -0.39 is 16.1 Å². The number of carbonyl (C=O) groups excluding carboxylic acids is 2. The lowest BCUT2D eigenvalue weighted by Crippen LogP contribution is -2.60. The van der Waals surface area contributed by atoms with E-state index in [4.69, 9.17) is 4.74 Å². The first-order chi connectivity index (χ1) is 14.4. The van der Waals surface area contributed by atoms with Gasteiger partial charge in [0.15, 0.2) is 0 Å². The number of amides is 2. The summed E-state index contributed by atoms with van der Waals surface area (Å²) >= 11 is 0. The summed E-state index contributed by atoms with van der Waals surface area (Å²) in [6.07, 6.45) is 0.602. The number of hydrogen-bond acceptors (Lipinski definition) is 5. The fraction of sp³-hybridized carbons (Fsp3) is 0.238. The van der Waals surface area contributed by atoms with E-state index >= 15 is 0 Å². The van der Waals surface area contributed by atoms with E-state index in [9.17, 15) is 18.0 Å². The van der Waals surface area contributed by atoms with Gasteiger partial charge in [0, 0.05) is 19.6 Å². The van der Waals surface area contributed by atoms with Gasteiger partial charge < -0.3 is 15.4 Å². The summed E-state index contributed by atoms with van der Waals surface area (Å²) in [6, 6.07) is 15.4. The number of carbonyl (C=O) groups is 2. The Morgan fingerprint density at radius 1 is 1.07 bits per heavy atom. The molecule has 0 aliphatic carbocycles. The summed E-state index contributed by atoms with van der Waals surface area (Å²) in [7, 11) is -3.62. The zero-order valence-electron chi connectivity index (χ0n) is 16.3. The quantitative estimate of drug-likeness (QED) is 0.623. The normalized spacial score (nSPS) is 14.4. The predicted molar refractivity (Wildman–Crippen MR) is 111 cm³/mol. The molecule has 2 aromatic rings. The molecule has 0 unspecified atom stereocenters. The Balaban J connectivity index is 1.47. The molecule has 0 atom stereocenters. The third-order valence-electron chi connectivity index (χ3n) is 4.59. The van der Waals surface area contributed by atoms with E-state index in [1.807, 2.05) is 30.3 Å². The van der Waals surface area contributed by atoms with Gasteiger partial charge in [0.1, 0.15) is 6.61 Å². The van der Waals surface area contributed by atoms with Gasteiger partial charge in [-0.2, -0.15) is 4.31 Å². The highest BCUT2D eigenvalue weighted by molar-refractivity contribution is 7.89. The molecule has 30 heavy (non-hydrogen) atoms. The van der Waals surface area contributed by atoms with Crippen LogP contribution >= 0.6 is 0 Å². The van der Waals surface area contributed by atoms with Gasteiger partial charge in [-0.15, -0.1) is 0 Å². The SMILES string of the molecule is C=CC(=O)NC1CN(S(=O)(=O)c2ccc(CNC(=O)OCc3ccccc3)cc2)C1. The minimum atomic E-state index is -3.62. The lowest BCUT2D eigenvalue weighted by molar-refractivity contribution is -0.117. The second-order valence-corrected chi connectivity index (χ2v) is 8.73. The zero-order valence-corrected chi connectivity index (χ0v) is 17.1. The molecule has 0 saturated carbocycles. The Labute approximate surface area is 175 Å². The zero-order chi connectivity index (χ0) is 21.6. The van der Waals surface area contributed by atoms with Crippen LogP contribution in [0, 0.1) is 0 Å². The van der Waals surface area contributed by atoms with Gasteiger partial charge in [-0.1, -0.05) is 49.0 Å². The molecule has 0 aromatic heterocycles. The van der Waals surface area contributed by atoms with Crippen molar-refractivity contribution in [3.8, 4) is 0 Å². The second kappa shape index (κ2) is 9.55. The standard InChI is InChI=1S/C21H23N3O5S/c1-2-20(25)23-18-13-24(14-18)30(27,28)19-10-8-16(9-11-19)12-22-21(26)29-15-17-6-4-3-5-7-17/h2-11,18H,1,12-15H2,(H,22,26)(H,23,25). The number of benzene rings is 2. The Kier molecular flexibility index (Phi) is 6.86. The van der Waals surface area contributed by atoms with E-state index in [0.717, 1.165) is 17.2 Å². The van der Waals surface area contributed by atoms with Gasteiger partial charge in [0.25, 0.3) is 0 Å². The first-order valence-corrected chi connectivity index (χ1v) is 10.8. The van der Waals surface area contributed by atoms with Crippen LogP contribution < -0.4 is 10.6 Å². The van der Waals surface area contributed by atoms with Crippen LogP contribution in [-0.2, 0) is 32.7 Å². The van der Waals surface area contributed by atoms with Crippen molar-refractivity contribution in [3.63, 3.8) is 0 Å². The van der Waals surface area contributed by atoms with Crippen LogP contribution in [0.25, 0.3) is 0 Å². The number of alkyl carbamates (subject to hydrolysis) is 1. The molecular weight excluding hydrogens is 406 g/mol. The van der Waals surface area contributed by atoms with Gasteiger partial charge in [-0.3, -0.25) is 4.79 Å². The van der Waals surface area contributed by atoms with Crippen molar-refractivity contribution in [2.75, 3.05) is 13.1 Å². The minimum absolute atomic E-state index is 0.159. The molecule has 0 radical (unpaired) electrons. The van der Waals surface area contributed by atoms with Crippen LogP contribution in [0.5, 0.6) is 0 Å². The van der Waals surface area contributed by atoms with Crippen molar-refractivity contribution >= 4 is 22.0 Å². The smallest absolute Gasteiger partial charge is 0.407 e. The van der Waals surface area contributed by atoms with Crippen LogP contribution in [0.1, 0.15) is 11.1 Å². The number of hydrogen-bond donors (Lipinski definition) is 2. The molecule has 0 bridgehead atoms. The summed E-state index contributed by atoms with van der Waals surface area (Å²) in [4.78, 5) is 23.2. The molecule has 9 heteroatoms. The van der Waals surface area contributed by atoms with Crippen molar-refractivity contribution in [2.24, 2.45) is 0 Å². The predicted octanol–water partition coefficient (Wildman–Crippen LogP) is 1.79. The largest absolute Gasteiger partial charge is 0.445 e. The molecule has 2 aromatic carbocycles. The Morgan fingerprint density at radius 3 is 2.37 bits per heavy atom. The molecule has 8 nitrogen and oxygen atoms in total. The third kappa shape index (κ3) is 5.46. The van der Waals surface area contributed by atoms with E-state index in [1.54, 1.807) is 12.1 Å². The van der Waals surface area contributed by atoms with Crippen LogP contribution in [0.3, 0.4) is 0 Å². The van der Waals surface area contributed by atoms with Crippen molar-refractivity contribution < 1.29 is 22.7 Å². The highest BCUT2D eigenvalue weighted by Crippen LogP contribution is 2.22. The fourth-order valence-corrected chi connectivity index (χ4v) is 4.39. The van der Waals surface area contributed by atoms with Crippen molar-refractivity contribution in [1.82, 2.24) is 14.9 Å². The molecule has 1 saturated heterocycles. The molecule has 0 spiro atoms. The lowest BCUT2D eigenvalue weighted by atomic mass is 10.2. The maximum absolute atomic E-state index is 12.6. The van der Waals surface area contributed by atoms with Gasteiger partial charge in [-0.25, -0.2) is 13.2 Å². The molecule has 1 heterocycles. The van der Waals surface area contributed by atoms with E-state index in [0.29, 0.717) is 0 Å². The first-order valence-electron chi connectivity index (χ1n) is 9.35. The second-order valence-electron chi connectivity index (χ2n) is 6.79. The molecule has 158 valence electrons. The topological polar surface area (TPSA) is 105 Å². The van der Waals surface area contributed by atoms with Crippen molar-refractivity contribution in [3.05, 3.63) is 78.4 Å². The number of nitrogens with zero attached hydrogens (tertiary/aromatic N) is 1. The number of sulfonamides is 1. The van der Waals surface area contributed by atoms with Crippen molar-refractivity contribution in [2.45, 2.75) is 24.1 Å². The van der Waals surface area contributed by atoms with Crippen LogP contribution in [0.4, 0.5) is 4.79 Å². The van der Waals surface area contributed by atoms with Gasteiger partial charge in [0.2, 0.25) is 15.9 Å². The van der Waals surface area contributed by atoms with E-state index in [-0.39, 0.29) is 43.1 Å². The summed E-state index contributed by atoms with van der Waals surface area (Å²) in [5.74, 6) is -0.323. The Bertz CT molecular complexity index is 1000. The highest BCUT2D eigenvalue weighted by Gasteiger charge is 2.37. The Morgan fingerprint density at radius 2 is 1.73 bits per heavy atom. The van der Waals surface area contributed by atoms with E-state index in [1.165, 1.54) is 16.4 Å². The molecule has 3 rings (SSSR count). The third-order valence-corrected chi connectivity index (χ3v) is 6.44. The number of rotatable bonds is 8. The molecule has 2 amide bonds.